The predicted octanol–water partition coefficient (Wildman–Crippen LogP) is 6.43. The topological polar surface area (TPSA) is 83.1 Å². The number of hydrogen-bond donors (Lipinski definition) is 3. The standard InChI is InChI=1S/C24H21FN4O2S2/c1-14-9-15(2)11-17(10-14)27-23(31)26-16-7-8-20-21(12-16)33-24(29-20)32-13-22(30)28-19-6-4-3-5-18(19)25/h3-12H,13H2,1-2H3,(H,28,30)(H2,26,27,31). The van der Waals surface area contributed by atoms with Gasteiger partial charge in [-0.25, -0.2) is 14.2 Å². The second-order valence-corrected chi connectivity index (χ2v) is 9.69. The Morgan fingerprint density at radius 1 is 0.939 bits per heavy atom. The molecule has 4 rings (SSSR count). The Balaban J connectivity index is 1.36. The maximum atomic E-state index is 13.7. The van der Waals surface area contributed by atoms with E-state index in [0.717, 1.165) is 27.0 Å². The van der Waals surface area contributed by atoms with Crippen LogP contribution < -0.4 is 16.0 Å². The Morgan fingerprint density at radius 3 is 2.42 bits per heavy atom. The monoisotopic (exact) mass is 480 g/mol. The highest BCUT2D eigenvalue weighted by Gasteiger charge is 2.11. The van der Waals surface area contributed by atoms with Crippen molar-refractivity contribution in [3.63, 3.8) is 0 Å². The molecule has 0 aliphatic rings. The minimum Gasteiger partial charge on any atom is -0.323 e. The van der Waals surface area contributed by atoms with E-state index >= 15 is 0 Å². The first-order valence-corrected chi connectivity index (χ1v) is 11.9. The van der Waals surface area contributed by atoms with Gasteiger partial charge in [0.25, 0.3) is 0 Å². The summed E-state index contributed by atoms with van der Waals surface area (Å²) in [5, 5.41) is 8.24. The Hall–Kier alpha value is -3.43. The Labute approximate surface area is 198 Å². The molecular formula is C24H21FN4O2S2. The molecule has 0 bridgehead atoms. The second-order valence-electron chi connectivity index (χ2n) is 7.43. The number of para-hydroxylation sites is 1. The lowest BCUT2D eigenvalue weighted by molar-refractivity contribution is -0.113. The maximum absolute atomic E-state index is 13.7. The van der Waals surface area contributed by atoms with Gasteiger partial charge in [-0.05, 0) is 67.4 Å². The van der Waals surface area contributed by atoms with Gasteiger partial charge in [0.15, 0.2) is 4.34 Å². The molecule has 6 nitrogen and oxygen atoms in total. The molecule has 0 spiro atoms. The van der Waals surface area contributed by atoms with E-state index in [4.69, 9.17) is 0 Å². The average molecular weight is 481 g/mol. The first-order valence-electron chi connectivity index (χ1n) is 10.1. The van der Waals surface area contributed by atoms with Gasteiger partial charge in [-0.15, -0.1) is 11.3 Å². The number of amides is 3. The molecule has 0 fully saturated rings. The number of aromatic nitrogens is 1. The van der Waals surface area contributed by atoms with Gasteiger partial charge in [0.2, 0.25) is 5.91 Å². The van der Waals surface area contributed by atoms with Crippen LogP contribution in [0.25, 0.3) is 10.2 Å². The average Bonchev–Trinajstić information content (AvgIpc) is 3.15. The number of thiazole rings is 1. The summed E-state index contributed by atoms with van der Waals surface area (Å²) < 4.78 is 15.3. The van der Waals surface area contributed by atoms with Crippen molar-refractivity contribution in [2.45, 2.75) is 18.2 Å². The summed E-state index contributed by atoms with van der Waals surface area (Å²) in [7, 11) is 0. The third kappa shape index (κ3) is 6.09. The van der Waals surface area contributed by atoms with Crippen LogP contribution in [0.5, 0.6) is 0 Å². The van der Waals surface area contributed by atoms with Gasteiger partial charge >= 0.3 is 6.03 Å². The Bertz CT molecular complexity index is 1320. The summed E-state index contributed by atoms with van der Waals surface area (Å²) in [6.45, 7) is 3.96. The number of aryl methyl sites for hydroxylation is 2. The number of hydrogen-bond acceptors (Lipinski definition) is 5. The van der Waals surface area contributed by atoms with E-state index in [1.54, 1.807) is 18.2 Å². The number of rotatable bonds is 6. The van der Waals surface area contributed by atoms with Crippen LogP contribution in [0.3, 0.4) is 0 Å². The summed E-state index contributed by atoms with van der Waals surface area (Å²) >= 11 is 2.70. The number of nitrogens with zero attached hydrogens (tertiary/aromatic N) is 1. The van der Waals surface area contributed by atoms with Crippen LogP contribution >= 0.6 is 23.1 Å². The van der Waals surface area contributed by atoms with Crippen molar-refractivity contribution in [1.29, 1.82) is 0 Å². The highest BCUT2D eigenvalue weighted by Crippen LogP contribution is 2.31. The van der Waals surface area contributed by atoms with E-state index in [0.29, 0.717) is 10.0 Å². The van der Waals surface area contributed by atoms with E-state index in [2.05, 4.69) is 20.9 Å². The molecular weight excluding hydrogens is 459 g/mol. The SMILES string of the molecule is Cc1cc(C)cc(NC(=O)Nc2ccc3nc(SCC(=O)Nc4ccccc4F)sc3c2)c1. The quantitative estimate of drug-likeness (QED) is 0.278. The minimum absolute atomic E-state index is 0.109. The van der Waals surface area contributed by atoms with Gasteiger partial charge < -0.3 is 16.0 Å². The van der Waals surface area contributed by atoms with Crippen molar-refractivity contribution >= 4 is 62.3 Å². The summed E-state index contributed by atoms with van der Waals surface area (Å²) in [5.74, 6) is -0.676. The fraction of sp³-hybridized carbons (Fsp3) is 0.125. The van der Waals surface area contributed by atoms with Gasteiger partial charge in [0.1, 0.15) is 5.82 Å². The van der Waals surface area contributed by atoms with Crippen LogP contribution in [-0.2, 0) is 4.79 Å². The van der Waals surface area contributed by atoms with E-state index in [1.807, 2.05) is 44.2 Å². The number of urea groups is 1. The van der Waals surface area contributed by atoms with Gasteiger partial charge in [0.05, 0.1) is 21.7 Å². The van der Waals surface area contributed by atoms with Crippen LogP contribution in [0, 0.1) is 19.7 Å². The molecule has 1 aromatic heterocycles. The van der Waals surface area contributed by atoms with E-state index in [1.165, 1.54) is 35.2 Å². The zero-order chi connectivity index (χ0) is 23.4. The van der Waals surface area contributed by atoms with Crippen molar-refractivity contribution in [3.8, 4) is 0 Å². The second kappa shape index (κ2) is 10.0. The molecule has 1 heterocycles. The maximum Gasteiger partial charge on any atom is 0.323 e. The predicted molar refractivity (Wildman–Crippen MR) is 134 cm³/mol. The van der Waals surface area contributed by atoms with Gasteiger partial charge in [0, 0.05) is 11.4 Å². The molecule has 168 valence electrons. The molecule has 33 heavy (non-hydrogen) atoms. The van der Waals surface area contributed by atoms with Crippen LogP contribution in [0.15, 0.2) is 65.0 Å². The first-order chi connectivity index (χ1) is 15.9. The molecule has 0 radical (unpaired) electrons. The van der Waals surface area contributed by atoms with Crippen LogP contribution in [0.1, 0.15) is 11.1 Å². The number of anilines is 3. The van der Waals surface area contributed by atoms with Crippen molar-refractivity contribution < 1.29 is 14.0 Å². The van der Waals surface area contributed by atoms with Crippen molar-refractivity contribution in [2.24, 2.45) is 0 Å². The zero-order valence-electron chi connectivity index (χ0n) is 17.9. The third-order valence-electron chi connectivity index (χ3n) is 4.58. The molecule has 0 unspecified atom stereocenters. The number of thioether (sulfide) groups is 1. The lowest BCUT2D eigenvalue weighted by Gasteiger charge is -2.09. The lowest BCUT2D eigenvalue weighted by atomic mass is 10.1. The molecule has 9 heteroatoms. The number of halogens is 1. The number of carbonyl (C=O) groups excluding carboxylic acids is 2. The summed E-state index contributed by atoms with van der Waals surface area (Å²) in [5.41, 5.74) is 4.45. The number of nitrogens with one attached hydrogen (secondary N) is 3. The van der Waals surface area contributed by atoms with Crippen molar-refractivity contribution in [2.75, 3.05) is 21.7 Å². The van der Waals surface area contributed by atoms with Crippen LogP contribution in [0.2, 0.25) is 0 Å². The van der Waals surface area contributed by atoms with Gasteiger partial charge in [-0.3, -0.25) is 4.79 Å². The molecule has 3 amide bonds. The van der Waals surface area contributed by atoms with E-state index in [9.17, 15) is 14.0 Å². The number of carbonyl (C=O) groups is 2. The molecule has 0 saturated heterocycles. The largest absolute Gasteiger partial charge is 0.323 e. The molecule has 3 N–H and O–H groups in total. The van der Waals surface area contributed by atoms with Gasteiger partial charge in [-0.2, -0.15) is 0 Å². The van der Waals surface area contributed by atoms with Crippen LogP contribution in [-0.4, -0.2) is 22.7 Å². The third-order valence-corrected chi connectivity index (χ3v) is 6.74. The fourth-order valence-electron chi connectivity index (χ4n) is 3.26. The molecule has 0 aliphatic carbocycles. The summed E-state index contributed by atoms with van der Waals surface area (Å²) in [6.07, 6.45) is 0. The van der Waals surface area contributed by atoms with E-state index in [-0.39, 0.29) is 23.4 Å². The molecule has 3 aromatic carbocycles. The fourth-order valence-corrected chi connectivity index (χ4v) is 5.17. The molecule has 0 atom stereocenters. The lowest BCUT2D eigenvalue weighted by Crippen LogP contribution is -2.19. The number of benzene rings is 3. The van der Waals surface area contributed by atoms with E-state index < -0.39 is 5.82 Å². The first kappa shape index (κ1) is 22.8. The molecule has 4 aromatic rings. The highest BCUT2D eigenvalue weighted by atomic mass is 32.2. The summed E-state index contributed by atoms with van der Waals surface area (Å²) in [4.78, 5) is 29.0. The molecule has 0 aliphatic heterocycles. The van der Waals surface area contributed by atoms with Crippen molar-refractivity contribution in [3.05, 3.63) is 77.6 Å². The molecule has 0 saturated carbocycles. The normalized spacial score (nSPS) is 10.8. The van der Waals surface area contributed by atoms with Gasteiger partial charge in [-0.1, -0.05) is 30.0 Å². The van der Waals surface area contributed by atoms with Crippen LogP contribution in [0.4, 0.5) is 26.2 Å². The van der Waals surface area contributed by atoms with Crippen molar-refractivity contribution in [1.82, 2.24) is 4.98 Å². The smallest absolute Gasteiger partial charge is 0.323 e. The number of fused-ring (bicyclic) bond motifs is 1. The highest BCUT2D eigenvalue weighted by molar-refractivity contribution is 8.01. The minimum atomic E-state index is -0.475. The zero-order valence-corrected chi connectivity index (χ0v) is 19.6. The summed E-state index contributed by atoms with van der Waals surface area (Å²) in [6, 6.07) is 17.0. The Morgan fingerprint density at radius 2 is 1.67 bits per heavy atom. The Kier molecular flexibility index (Phi) is 6.90.